The van der Waals surface area contributed by atoms with E-state index in [0.29, 0.717) is 12.1 Å². The van der Waals surface area contributed by atoms with E-state index in [1.54, 1.807) is 6.20 Å². The van der Waals surface area contributed by atoms with E-state index in [1.807, 2.05) is 78.7 Å². The minimum Gasteiger partial charge on any atom is -0.343 e. The van der Waals surface area contributed by atoms with Crippen LogP contribution in [0.2, 0.25) is 0 Å². The zero-order valence-corrected chi connectivity index (χ0v) is 15.7. The lowest BCUT2D eigenvalue weighted by atomic mass is 10.0. The van der Waals surface area contributed by atoms with E-state index in [-0.39, 0.29) is 18.0 Å². The van der Waals surface area contributed by atoms with Gasteiger partial charge in [0.15, 0.2) is 0 Å². The lowest BCUT2D eigenvalue weighted by Gasteiger charge is -2.23. The van der Waals surface area contributed by atoms with Gasteiger partial charge in [-0.25, -0.2) is 0 Å². The third-order valence-electron chi connectivity index (χ3n) is 4.86. The van der Waals surface area contributed by atoms with Crippen LogP contribution in [-0.2, 0) is 4.79 Å². The number of nitrogens with one attached hydrogen (secondary N) is 1. The number of hydrogen-bond donors (Lipinski definition) is 1. The lowest BCUT2D eigenvalue weighted by molar-refractivity contribution is -0.115. The highest BCUT2D eigenvalue weighted by molar-refractivity contribution is 6.39. The van der Waals surface area contributed by atoms with Crippen LogP contribution in [0.4, 0.5) is 5.69 Å². The number of hydrogen-bond acceptors (Lipinski definition) is 4. The van der Waals surface area contributed by atoms with E-state index < -0.39 is 0 Å². The van der Waals surface area contributed by atoms with Crippen LogP contribution in [0.15, 0.2) is 90.2 Å². The standard InChI is InChI=1S/C23H22N4O/c1-17(20-14-8-9-15-24-20)25-23(28)21-16-22(18-10-4-2-5-11-18)27(26-21)19-12-6-3-7-13-19/h2-15,17,22H,16H2,1H3,(H,25,28)/t17-,22-/m0/s1. The molecule has 0 unspecified atom stereocenters. The van der Waals surface area contributed by atoms with Crippen LogP contribution in [-0.4, -0.2) is 16.6 Å². The Morgan fingerprint density at radius 2 is 1.68 bits per heavy atom. The molecular weight excluding hydrogens is 348 g/mol. The van der Waals surface area contributed by atoms with Gasteiger partial charge >= 0.3 is 0 Å². The number of amides is 1. The molecule has 0 fully saturated rings. The summed E-state index contributed by atoms with van der Waals surface area (Å²) >= 11 is 0. The van der Waals surface area contributed by atoms with Gasteiger partial charge in [0, 0.05) is 12.6 Å². The Hall–Kier alpha value is -3.47. The minimum atomic E-state index is -0.183. The molecule has 0 spiro atoms. The van der Waals surface area contributed by atoms with Gasteiger partial charge in [-0.15, -0.1) is 0 Å². The van der Waals surface area contributed by atoms with Crippen LogP contribution in [0.5, 0.6) is 0 Å². The molecule has 0 saturated carbocycles. The van der Waals surface area contributed by atoms with Crippen molar-refractivity contribution in [2.45, 2.75) is 25.4 Å². The normalized spacial score (nSPS) is 17.1. The summed E-state index contributed by atoms with van der Waals surface area (Å²) < 4.78 is 0. The molecule has 2 aromatic carbocycles. The van der Waals surface area contributed by atoms with Crippen LogP contribution in [0, 0.1) is 0 Å². The van der Waals surface area contributed by atoms with Crippen molar-refractivity contribution in [1.82, 2.24) is 10.3 Å². The maximum Gasteiger partial charge on any atom is 0.268 e. The summed E-state index contributed by atoms with van der Waals surface area (Å²) in [6.07, 6.45) is 2.29. The SMILES string of the molecule is C[C@H](NC(=O)C1=NN(c2ccccc2)[C@H](c2ccccc2)C1)c1ccccn1. The zero-order valence-electron chi connectivity index (χ0n) is 15.7. The highest BCUT2D eigenvalue weighted by atomic mass is 16.2. The number of anilines is 1. The number of pyridine rings is 1. The van der Waals surface area contributed by atoms with E-state index in [0.717, 1.165) is 16.9 Å². The second-order valence-electron chi connectivity index (χ2n) is 6.81. The maximum atomic E-state index is 12.9. The summed E-state index contributed by atoms with van der Waals surface area (Å²) in [6.45, 7) is 1.93. The first-order valence-electron chi connectivity index (χ1n) is 9.41. The molecule has 5 heteroatoms. The highest BCUT2D eigenvalue weighted by Gasteiger charge is 2.32. The van der Waals surface area contributed by atoms with Crippen LogP contribution in [0.3, 0.4) is 0 Å². The monoisotopic (exact) mass is 370 g/mol. The summed E-state index contributed by atoms with van der Waals surface area (Å²) in [4.78, 5) is 17.2. The van der Waals surface area contributed by atoms with Gasteiger partial charge < -0.3 is 5.32 Å². The molecule has 28 heavy (non-hydrogen) atoms. The topological polar surface area (TPSA) is 57.6 Å². The molecule has 2 heterocycles. The lowest BCUT2D eigenvalue weighted by Crippen LogP contribution is -2.33. The van der Waals surface area contributed by atoms with Gasteiger partial charge in [0.05, 0.1) is 23.5 Å². The third-order valence-corrected chi connectivity index (χ3v) is 4.86. The van der Waals surface area contributed by atoms with Gasteiger partial charge in [0.25, 0.3) is 5.91 Å². The van der Waals surface area contributed by atoms with E-state index in [9.17, 15) is 4.79 Å². The maximum absolute atomic E-state index is 12.9. The zero-order chi connectivity index (χ0) is 19.3. The van der Waals surface area contributed by atoms with E-state index in [4.69, 9.17) is 0 Å². The Morgan fingerprint density at radius 1 is 1.00 bits per heavy atom. The Balaban J connectivity index is 1.58. The second-order valence-corrected chi connectivity index (χ2v) is 6.81. The van der Waals surface area contributed by atoms with E-state index in [1.165, 1.54) is 0 Å². The van der Waals surface area contributed by atoms with Gasteiger partial charge in [0.1, 0.15) is 5.71 Å². The van der Waals surface area contributed by atoms with Crippen molar-refractivity contribution < 1.29 is 4.79 Å². The largest absolute Gasteiger partial charge is 0.343 e. The Bertz CT molecular complexity index is 958. The number of aromatic nitrogens is 1. The summed E-state index contributed by atoms with van der Waals surface area (Å²) in [6, 6.07) is 25.6. The third kappa shape index (κ3) is 3.78. The number of benzene rings is 2. The molecule has 0 bridgehead atoms. The average molecular weight is 370 g/mol. The number of rotatable bonds is 5. The molecule has 0 saturated heterocycles. The van der Waals surface area contributed by atoms with Crippen LogP contribution in [0.25, 0.3) is 0 Å². The van der Waals surface area contributed by atoms with E-state index in [2.05, 4.69) is 27.5 Å². The fraction of sp³-hybridized carbons (Fsp3) is 0.174. The Kier molecular flexibility index (Phi) is 5.15. The van der Waals surface area contributed by atoms with Gasteiger partial charge in [-0.2, -0.15) is 5.10 Å². The quantitative estimate of drug-likeness (QED) is 0.730. The first-order chi connectivity index (χ1) is 13.7. The van der Waals surface area contributed by atoms with Crippen molar-refractivity contribution in [1.29, 1.82) is 0 Å². The van der Waals surface area contributed by atoms with Crippen molar-refractivity contribution in [2.75, 3.05) is 5.01 Å². The summed E-state index contributed by atoms with van der Waals surface area (Å²) in [7, 11) is 0. The average Bonchev–Trinajstić information content (AvgIpc) is 3.21. The van der Waals surface area contributed by atoms with E-state index >= 15 is 0 Å². The molecule has 1 aliphatic heterocycles. The van der Waals surface area contributed by atoms with Crippen LogP contribution < -0.4 is 10.3 Å². The molecule has 3 aromatic rings. The predicted octanol–water partition coefficient (Wildman–Crippen LogP) is 4.27. The van der Waals surface area contributed by atoms with Crippen molar-refractivity contribution in [3.63, 3.8) is 0 Å². The second kappa shape index (κ2) is 8.05. The molecule has 2 atom stereocenters. The number of nitrogens with zero attached hydrogens (tertiary/aromatic N) is 3. The van der Waals surface area contributed by atoms with Gasteiger partial charge in [-0.1, -0.05) is 54.6 Å². The van der Waals surface area contributed by atoms with Gasteiger partial charge in [0.2, 0.25) is 0 Å². The molecule has 5 nitrogen and oxygen atoms in total. The van der Waals surface area contributed by atoms with Crippen molar-refractivity contribution in [2.24, 2.45) is 5.10 Å². The molecule has 1 amide bonds. The summed E-state index contributed by atoms with van der Waals surface area (Å²) in [5.74, 6) is -0.155. The number of hydrazone groups is 1. The molecule has 1 aliphatic rings. The first kappa shape index (κ1) is 17.9. The molecule has 4 rings (SSSR count). The number of para-hydroxylation sites is 1. The van der Waals surface area contributed by atoms with Crippen molar-refractivity contribution in [3.05, 3.63) is 96.3 Å². The number of carbonyl (C=O) groups excluding carboxylic acids is 1. The Labute approximate surface area is 164 Å². The molecule has 0 aliphatic carbocycles. The fourth-order valence-corrected chi connectivity index (χ4v) is 3.39. The van der Waals surface area contributed by atoms with Gasteiger partial charge in [-0.05, 0) is 36.8 Å². The van der Waals surface area contributed by atoms with Crippen molar-refractivity contribution in [3.8, 4) is 0 Å². The van der Waals surface area contributed by atoms with Crippen molar-refractivity contribution >= 4 is 17.3 Å². The molecule has 1 N–H and O–H groups in total. The van der Waals surface area contributed by atoms with Gasteiger partial charge in [-0.3, -0.25) is 14.8 Å². The minimum absolute atomic E-state index is 0.00509. The Morgan fingerprint density at radius 3 is 2.36 bits per heavy atom. The fourth-order valence-electron chi connectivity index (χ4n) is 3.39. The summed E-state index contributed by atoms with van der Waals surface area (Å²) in [5.41, 5.74) is 3.46. The molecule has 140 valence electrons. The predicted molar refractivity (Wildman–Crippen MR) is 111 cm³/mol. The molecular formula is C23H22N4O. The molecule has 0 radical (unpaired) electrons. The summed E-state index contributed by atoms with van der Waals surface area (Å²) in [5, 5.41) is 9.64. The first-order valence-corrected chi connectivity index (χ1v) is 9.41. The highest BCUT2D eigenvalue weighted by Crippen LogP contribution is 2.35. The van der Waals surface area contributed by atoms with Crippen LogP contribution >= 0.6 is 0 Å². The van der Waals surface area contributed by atoms with Crippen LogP contribution in [0.1, 0.15) is 36.7 Å². The smallest absolute Gasteiger partial charge is 0.268 e. The number of carbonyl (C=O) groups is 1. The molecule has 1 aromatic heterocycles.